The van der Waals surface area contributed by atoms with Crippen LogP contribution in [0.1, 0.15) is 17.9 Å². The lowest BCUT2D eigenvalue weighted by Crippen LogP contribution is -2.02. The van der Waals surface area contributed by atoms with Crippen molar-refractivity contribution in [2.75, 3.05) is 0 Å². The molecule has 0 spiro atoms. The summed E-state index contributed by atoms with van der Waals surface area (Å²) < 4.78 is 13.3. The lowest BCUT2D eigenvalue weighted by molar-refractivity contribution is -0.116. The number of rotatable bonds is 2. The van der Waals surface area contributed by atoms with E-state index in [0.29, 0.717) is 9.13 Å². The van der Waals surface area contributed by atoms with Crippen LogP contribution in [-0.4, -0.2) is 5.78 Å². The van der Waals surface area contributed by atoms with E-state index in [2.05, 4.69) is 0 Å². The summed E-state index contributed by atoms with van der Waals surface area (Å²) >= 11 is 7.65. The van der Waals surface area contributed by atoms with Gasteiger partial charge in [-0.25, -0.2) is 4.39 Å². The fourth-order valence-electron chi connectivity index (χ4n) is 0.905. The molecule has 0 aromatic heterocycles. The molecule has 0 aliphatic carbocycles. The lowest BCUT2D eigenvalue weighted by Gasteiger charge is -2.06. The van der Waals surface area contributed by atoms with E-state index in [1.54, 1.807) is 6.07 Å². The molecule has 1 aromatic rings. The fraction of sp³-hybridized carbons (Fsp3) is 0.222. The van der Waals surface area contributed by atoms with Crippen LogP contribution in [-0.2, 0) is 4.79 Å². The van der Waals surface area contributed by atoms with Crippen LogP contribution in [0.3, 0.4) is 0 Å². The molecule has 4 heteroatoms. The zero-order valence-corrected chi connectivity index (χ0v) is 9.76. The van der Waals surface area contributed by atoms with E-state index in [1.807, 2.05) is 22.6 Å². The van der Waals surface area contributed by atoms with Crippen molar-refractivity contribution in [2.45, 2.75) is 12.3 Å². The van der Waals surface area contributed by atoms with Gasteiger partial charge in [0.1, 0.15) is 11.2 Å². The quantitative estimate of drug-likeness (QED) is 0.605. The molecule has 1 atom stereocenters. The Labute approximate surface area is 94.4 Å². The van der Waals surface area contributed by atoms with Gasteiger partial charge in [-0.2, -0.15) is 0 Å². The molecule has 1 nitrogen and oxygen atoms in total. The van der Waals surface area contributed by atoms with Crippen molar-refractivity contribution in [1.29, 1.82) is 0 Å². The number of Topliss-reactive ketones (excluding diaryl/α,β-unsaturated/α-hetero) is 1. The van der Waals surface area contributed by atoms with Crippen LogP contribution in [0, 0.1) is 9.39 Å². The number of alkyl halides is 1. The monoisotopic (exact) mass is 312 g/mol. The number of carbonyl (C=O) groups excluding carboxylic acids is 1. The van der Waals surface area contributed by atoms with Gasteiger partial charge in [0.05, 0.1) is 0 Å². The van der Waals surface area contributed by atoms with E-state index in [9.17, 15) is 9.18 Å². The summed E-state index contributed by atoms with van der Waals surface area (Å²) in [4.78, 5) is 10.9. The third kappa shape index (κ3) is 2.64. The van der Waals surface area contributed by atoms with Crippen molar-refractivity contribution in [1.82, 2.24) is 0 Å². The molecule has 0 amide bonds. The third-order valence-electron chi connectivity index (χ3n) is 1.59. The van der Waals surface area contributed by atoms with E-state index in [1.165, 1.54) is 19.1 Å². The highest BCUT2D eigenvalue weighted by atomic mass is 127. The first-order chi connectivity index (χ1) is 6.02. The molecule has 0 bridgehead atoms. The Hall–Kier alpha value is -0.160. The first kappa shape index (κ1) is 10.9. The molecule has 1 unspecified atom stereocenters. The van der Waals surface area contributed by atoms with Crippen molar-refractivity contribution >= 4 is 40.0 Å². The molecule has 0 fully saturated rings. The van der Waals surface area contributed by atoms with Gasteiger partial charge >= 0.3 is 0 Å². The second kappa shape index (κ2) is 4.37. The molecule has 0 heterocycles. The molecule has 13 heavy (non-hydrogen) atoms. The Balaban J connectivity index is 3.03. The van der Waals surface area contributed by atoms with Crippen molar-refractivity contribution in [3.05, 3.63) is 33.1 Å². The minimum Gasteiger partial charge on any atom is -0.298 e. The van der Waals surface area contributed by atoms with E-state index in [-0.39, 0.29) is 11.6 Å². The normalized spacial score (nSPS) is 12.6. The number of carbonyl (C=O) groups is 1. The average Bonchev–Trinajstić information content (AvgIpc) is 2.08. The minimum absolute atomic E-state index is 0.135. The van der Waals surface area contributed by atoms with Crippen LogP contribution in [0.2, 0.25) is 0 Å². The summed E-state index contributed by atoms with van der Waals surface area (Å²) in [6, 6.07) is 4.42. The third-order valence-corrected chi connectivity index (χ3v) is 2.98. The summed E-state index contributed by atoms with van der Waals surface area (Å²) in [5.74, 6) is -0.430. The van der Waals surface area contributed by atoms with Gasteiger partial charge in [0.15, 0.2) is 5.78 Å². The molecular formula is C9H7ClFIO. The van der Waals surface area contributed by atoms with E-state index in [4.69, 9.17) is 11.6 Å². The van der Waals surface area contributed by atoms with Gasteiger partial charge in [0.2, 0.25) is 0 Å². The van der Waals surface area contributed by atoms with Crippen molar-refractivity contribution in [3.8, 4) is 0 Å². The highest BCUT2D eigenvalue weighted by Crippen LogP contribution is 2.24. The Kier molecular flexibility index (Phi) is 3.67. The van der Waals surface area contributed by atoms with E-state index < -0.39 is 5.38 Å². The number of hydrogen-bond acceptors (Lipinski definition) is 1. The Morgan fingerprint density at radius 3 is 2.69 bits per heavy atom. The summed E-state index contributed by atoms with van der Waals surface area (Å²) in [7, 11) is 0. The standard InChI is InChI=1S/C9H7ClFIO/c1-5(13)9(10)6-2-3-7(11)8(12)4-6/h2-4,9H,1H3. The van der Waals surface area contributed by atoms with Crippen LogP contribution >= 0.6 is 34.2 Å². The fourth-order valence-corrected chi connectivity index (χ4v) is 1.58. The van der Waals surface area contributed by atoms with Crippen LogP contribution < -0.4 is 0 Å². The smallest absolute Gasteiger partial charge is 0.152 e. The molecule has 1 rings (SSSR count). The Morgan fingerprint density at radius 1 is 1.62 bits per heavy atom. The largest absolute Gasteiger partial charge is 0.298 e. The second-order valence-corrected chi connectivity index (χ2v) is 4.25. The van der Waals surface area contributed by atoms with Crippen LogP contribution in [0.25, 0.3) is 0 Å². The molecule has 0 radical (unpaired) electrons. The topological polar surface area (TPSA) is 17.1 Å². The van der Waals surface area contributed by atoms with Crippen molar-refractivity contribution in [3.63, 3.8) is 0 Å². The van der Waals surface area contributed by atoms with Crippen LogP contribution in [0.5, 0.6) is 0 Å². The number of benzene rings is 1. The molecule has 1 aromatic carbocycles. The zero-order valence-electron chi connectivity index (χ0n) is 6.85. The maximum absolute atomic E-state index is 12.8. The number of halogens is 3. The minimum atomic E-state index is -0.672. The second-order valence-electron chi connectivity index (χ2n) is 2.65. The average molecular weight is 313 g/mol. The lowest BCUT2D eigenvalue weighted by atomic mass is 10.1. The molecular weight excluding hydrogens is 305 g/mol. The maximum Gasteiger partial charge on any atom is 0.152 e. The van der Waals surface area contributed by atoms with E-state index in [0.717, 1.165) is 0 Å². The number of ketones is 1. The predicted octanol–water partition coefficient (Wildman–Crippen LogP) is 3.30. The summed E-state index contributed by atoms with van der Waals surface area (Å²) in [5.41, 5.74) is 0.639. The van der Waals surface area contributed by atoms with Gasteiger partial charge in [-0.3, -0.25) is 4.79 Å². The van der Waals surface area contributed by atoms with Crippen molar-refractivity contribution in [2.24, 2.45) is 0 Å². The molecule has 70 valence electrons. The van der Waals surface area contributed by atoms with E-state index >= 15 is 0 Å². The van der Waals surface area contributed by atoms with Gasteiger partial charge in [0, 0.05) is 3.57 Å². The summed E-state index contributed by atoms with van der Waals surface area (Å²) in [6.07, 6.45) is 0. The zero-order chi connectivity index (χ0) is 10.0. The van der Waals surface area contributed by atoms with Crippen molar-refractivity contribution < 1.29 is 9.18 Å². The molecule has 0 aliphatic rings. The summed E-state index contributed by atoms with van der Waals surface area (Å²) in [5, 5.41) is -0.672. The van der Waals surface area contributed by atoms with Crippen LogP contribution in [0.15, 0.2) is 18.2 Å². The maximum atomic E-state index is 12.8. The molecule has 0 saturated heterocycles. The number of hydrogen-bond donors (Lipinski definition) is 0. The Bertz CT molecular complexity index is 340. The predicted molar refractivity (Wildman–Crippen MR) is 58.4 cm³/mol. The molecule has 0 aliphatic heterocycles. The highest BCUT2D eigenvalue weighted by Gasteiger charge is 2.13. The van der Waals surface area contributed by atoms with Gasteiger partial charge < -0.3 is 0 Å². The van der Waals surface area contributed by atoms with Gasteiger partial charge in [-0.15, -0.1) is 11.6 Å². The highest BCUT2D eigenvalue weighted by molar-refractivity contribution is 14.1. The van der Waals surface area contributed by atoms with Gasteiger partial charge in [0.25, 0.3) is 0 Å². The first-order valence-corrected chi connectivity index (χ1v) is 5.13. The first-order valence-electron chi connectivity index (χ1n) is 3.62. The SMILES string of the molecule is CC(=O)C(Cl)c1ccc(F)c(I)c1. The summed E-state index contributed by atoms with van der Waals surface area (Å²) in [6.45, 7) is 1.41. The Morgan fingerprint density at radius 2 is 2.23 bits per heavy atom. The van der Waals surface area contributed by atoms with Gasteiger partial charge in [-0.1, -0.05) is 6.07 Å². The van der Waals surface area contributed by atoms with Crippen LogP contribution in [0.4, 0.5) is 4.39 Å². The molecule has 0 saturated carbocycles. The van der Waals surface area contributed by atoms with Gasteiger partial charge in [-0.05, 0) is 47.2 Å². The molecule has 0 N–H and O–H groups in total.